The van der Waals surface area contributed by atoms with Crippen molar-refractivity contribution in [2.75, 3.05) is 18.2 Å². The number of hydrogen-bond donors (Lipinski definition) is 20. The first-order valence-electron chi connectivity index (χ1n) is 12.1. The summed E-state index contributed by atoms with van der Waals surface area (Å²) in [5, 5.41) is 176. The summed E-state index contributed by atoms with van der Waals surface area (Å²) in [6, 6.07) is 0. The first-order valence-corrected chi connectivity index (χ1v) is 12.9. The van der Waals surface area contributed by atoms with Crippen LogP contribution in [0.25, 0.3) is 0 Å². The summed E-state index contributed by atoms with van der Waals surface area (Å²) in [5.41, 5.74) is -0.919. The molecule has 1 aromatic heterocycles. The van der Waals surface area contributed by atoms with E-state index in [1.165, 1.54) is 5.32 Å². The average Bonchev–Trinajstić information content (AvgIpc) is 3.31. The zero-order valence-electron chi connectivity index (χ0n) is 23.4. The molecule has 0 bridgehead atoms. The molecule has 0 aliphatic rings. The highest BCUT2D eigenvalue weighted by atomic mass is 32.1. The quantitative estimate of drug-likeness (QED) is 0.0540. The SMILES string of the molecule is COC(c1c(C)c(O)c(O)c(O)c1O)C(O)(O)NC(O)(O)C(O)(O)c1c(O)c(O)c(NC(=O)C(O)(O)c2nc(N)sc2O)c(O)c1O. The zero-order valence-corrected chi connectivity index (χ0v) is 24.2. The van der Waals surface area contributed by atoms with Crippen LogP contribution in [0.4, 0.5) is 10.8 Å². The Labute approximate surface area is 263 Å². The third-order valence-electron chi connectivity index (χ3n) is 6.65. The third kappa shape index (κ3) is 5.81. The van der Waals surface area contributed by atoms with Crippen molar-refractivity contribution in [1.29, 1.82) is 0 Å². The number of ether oxygens (including phenoxy) is 1. The van der Waals surface area contributed by atoms with Crippen molar-refractivity contribution in [3.63, 3.8) is 0 Å². The van der Waals surface area contributed by atoms with Gasteiger partial charge in [-0.05, 0) is 6.92 Å². The van der Waals surface area contributed by atoms with Crippen LogP contribution in [-0.4, -0.2) is 117 Å². The molecule has 1 atom stereocenters. The molecule has 3 rings (SSSR count). The zero-order chi connectivity index (χ0) is 36.4. The molecule has 23 nitrogen and oxygen atoms in total. The number of rotatable bonds is 10. The lowest BCUT2D eigenvalue weighted by Crippen LogP contribution is -2.69. The maximum absolute atomic E-state index is 12.5. The summed E-state index contributed by atoms with van der Waals surface area (Å²) < 4.78 is 4.79. The van der Waals surface area contributed by atoms with E-state index in [-0.39, 0.29) is 0 Å². The number of amides is 1. The van der Waals surface area contributed by atoms with Crippen molar-refractivity contribution in [3.8, 4) is 51.1 Å². The minimum atomic E-state index is -4.66. The standard InChI is InChI=1S/C23H28N4O19S/c1-3-4(8(29)14(35)13(34)7(3)28)16(46-2)22(42,43)27-23(44,45)21(40,41)5-9(30)11(32)6(12(33)10(5)31)25-18(37)20(38,39)15-17(36)47-19(24)26-15/h16,27-36,38-45H,1-2H3,(H2,24,26)(H,25,37). The van der Waals surface area contributed by atoms with Gasteiger partial charge in [-0.1, -0.05) is 11.3 Å². The maximum atomic E-state index is 12.5. The van der Waals surface area contributed by atoms with Gasteiger partial charge in [0.15, 0.2) is 51.4 Å². The van der Waals surface area contributed by atoms with Crippen LogP contribution in [0.2, 0.25) is 0 Å². The number of aromatic nitrogens is 1. The summed E-state index contributed by atoms with van der Waals surface area (Å²) in [5.74, 6) is -32.0. The van der Waals surface area contributed by atoms with Gasteiger partial charge >= 0.3 is 0 Å². The number of methoxy groups -OCH3 is 1. The highest BCUT2D eigenvalue weighted by Gasteiger charge is 2.58. The van der Waals surface area contributed by atoms with Crippen LogP contribution < -0.4 is 16.4 Å². The summed E-state index contributed by atoms with van der Waals surface area (Å²) in [7, 11) is 0.688. The third-order valence-corrected chi connectivity index (χ3v) is 7.34. The normalized spacial score (nSPS) is 13.5. The van der Waals surface area contributed by atoms with Crippen LogP contribution in [0, 0.1) is 6.92 Å². The number of nitrogens with zero attached hydrogens (tertiary/aromatic N) is 1. The van der Waals surface area contributed by atoms with Gasteiger partial charge in [0.05, 0.1) is 0 Å². The Morgan fingerprint density at radius 2 is 1.28 bits per heavy atom. The number of nitrogens with one attached hydrogen (secondary N) is 2. The van der Waals surface area contributed by atoms with Crippen molar-refractivity contribution in [2.24, 2.45) is 0 Å². The number of phenols is 8. The number of hydrogen-bond acceptors (Lipinski definition) is 23. The molecule has 260 valence electrons. The smallest absolute Gasteiger partial charge is 0.294 e. The molecule has 21 N–H and O–H groups in total. The van der Waals surface area contributed by atoms with E-state index in [2.05, 4.69) is 4.98 Å². The molecule has 1 heterocycles. The molecule has 3 aromatic rings. The van der Waals surface area contributed by atoms with Gasteiger partial charge in [0.2, 0.25) is 16.6 Å². The van der Waals surface area contributed by atoms with Gasteiger partial charge in [-0.2, -0.15) is 0 Å². The Balaban J connectivity index is 2.07. The fraction of sp³-hybridized carbons (Fsp3) is 0.304. The Morgan fingerprint density at radius 3 is 1.72 bits per heavy atom. The van der Waals surface area contributed by atoms with E-state index in [1.807, 2.05) is 0 Å². The predicted molar refractivity (Wildman–Crippen MR) is 147 cm³/mol. The van der Waals surface area contributed by atoms with E-state index in [0.29, 0.717) is 18.4 Å². The van der Waals surface area contributed by atoms with E-state index in [1.54, 1.807) is 0 Å². The lowest BCUT2D eigenvalue weighted by atomic mass is 9.94. The van der Waals surface area contributed by atoms with Gasteiger partial charge in [0, 0.05) is 18.2 Å². The van der Waals surface area contributed by atoms with Crippen molar-refractivity contribution in [1.82, 2.24) is 10.3 Å². The molecule has 0 aliphatic heterocycles. The number of thiazole rings is 1. The van der Waals surface area contributed by atoms with E-state index in [9.17, 15) is 91.6 Å². The number of carbonyl (C=O) groups is 1. The summed E-state index contributed by atoms with van der Waals surface area (Å²) in [4.78, 5) is 15.9. The molecule has 0 saturated carbocycles. The molecule has 0 spiro atoms. The van der Waals surface area contributed by atoms with E-state index < -0.39 is 120 Å². The number of nitrogen functional groups attached to an aromatic ring is 1. The van der Waals surface area contributed by atoms with Crippen LogP contribution in [-0.2, 0) is 21.1 Å². The topological polar surface area (TPSA) is 433 Å². The Kier molecular flexibility index (Phi) is 9.14. The highest BCUT2D eigenvalue weighted by molar-refractivity contribution is 7.17. The molecule has 0 radical (unpaired) electrons. The minimum Gasteiger partial charge on any atom is -0.504 e. The number of benzene rings is 2. The second kappa shape index (κ2) is 11.7. The first-order chi connectivity index (χ1) is 21.3. The highest BCUT2D eigenvalue weighted by Crippen LogP contribution is 2.55. The molecule has 0 fully saturated rings. The first kappa shape index (κ1) is 36.6. The predicted octanol–water partition coefficient (Wildman–Crippen LogP) is -4.45. The van der Waals surface area contributed by atoms with Crippen LogP contribution in [0.3, 0.4) is 0 Å². The van der Waals surface area contributed by atoms with E-state index in [0.717, 1.165) is 12.2 Å². The largest absolute Gasteiger partial charge is 0.504 e. The Hall–Kier alpha value is -4.86. The monoisotopic (exact) mass is 696 g/mol. The van der Waals surface area contributed by atoms with Crippen LogP contribution in [0.1, 0.15) is 28.5 Å². The molecule has 2 aromatic carbocycles. The number of anilines is 2. The maximum Gasteiger partial charge on any atom is 0.294 e. The van der Waals surface area contributed by atoms with Gasteiger partial charge in [0.1, 0.15) is 11.3 Å². The summed E-state index contributed by atoms with van der Waals surface area (Å²) in [6.45, 7) is 0.938. The number of carbonyl (C=O) groups excluding carboxylic acids is 1. The molecule has 1 unspecified atom stereocenters. The average molecular weight is 697 g/mol. The lowest BCUT2D eigenvalue weighted by molar-refractivity contribution is -0.416. The molecule has 24 heteroatoms. The van der Waals surface area contributed by atoms with Crippen LogP contribution in [0.5, 0.6) is 51.1 Å². The molecule has 0 aliphatic carbocycles. The minimum absolute atomic E-state index is 0.293. The van der Waals surface area contributed by atoms with Crippen LogP contribution >= 0.6 is 11.3 Å². The van der Waals surface area contributed by atoms with Gasteiger partial charge < -0.3 is 103 Å². The van der Waals surface area contributed by atoms with Crippen molar-refractivity contribution in [2.45, 2.75) is 36.4 Å². The van der Waals surface area contributed by atoms with E-state index >= 15 is 0 Å². The molecule has 1 amide bonds. The van der Waals surface area contributed by atoms with Gasteiger partial charge in [-0.15, -0.1) is 0 Å². The Bertz CT molecular complexity index is 1680. The molecular weight excluding hydrogens is 668 g/mol. The lowest BCUT2D eigenvalue weighted by Gasteiger charge is -2.42. The number of aromatic hydroxyl groups is 9. The molecule has 0 saturated heterocycles. The van der Waals surface area contributed by atoms with Crippen molar-refractivity contribution < 1.29 is 96.3 Å². The number of aliphatic hydroxyl groups is 8. The second-order valence-electron chi connectivity index (χ2n) is 9.72. The second-order valence-corrected chi connectivity index (χ2v) is 10.7. The Morgan fingerprint density at radius 1 is 0.787 bits per heavy atom. The van der Waals surface area contributed by atoms with Crippen LogP contribution in [0.15, 0.2) is 0 Å². The van der Waals surface area contributed by atoms with Gasteiger partial charge in [-0.3, -0.25) is 4.79 Å². The van der Waals surface area contributed by atoms with Gasteiger partial charge in [0.25, 0.3) is 29.3 Å². The van der Waals surface area contributed by atoms with Crippen molar-refractivity contribution in [3.05, 3.63) is 22.4 Å². The molecular formula is C23H28N4O19S. The fourth-order valence-corrected chi connectivity index (χ4v) is 4.85. The van der Waals surface area contributed by atoms with E-state index in [4.69, 9.17) is 10.5 Å². The fourth-order valence-electron chi connectivity index (χ4n) is 4.23. The van der Waals surface area contributed by atoms with Gasteiger partial charge in [-0.25, -0.2) is 10.3 Å². The molecule has 47 heavy (non-hydrogen) atoms. The number of nitrogens with two attached hydrogens (primary N) is 1. The summed E-state index contributed by atoms with van der Waals surface area (Å²) >= 11 is 0.293. The van der Waals surface area contributed by atoms with Crippen molar-refractivity contribution >= 4 is 28.1 Å². The number of phenolic OH excluding ortho intramolecular Hbond substituents is 8. The summed E-state index contributed by atoms with van der Waals surface area (Å²) in [6.07, 6.45) is -2.55.